The van der Waals surface area contributed by atoms with Gasteiger partial charge in [0.05, 0.1) is 24.6 Å². The number of rotatable bonds is 5. The fraction of sp³-hybridized carbons (Fsp3) is 0.176. The van der Waals surface area contributed by atoms with Crippen LogP contribution >= 0.6 is 15.9 Å². The topological polar surface area (TPSA) is 91.8 Å². The Kier molecular flexibility index (Phi) is 4.58. The third kappa shape index (κ3) is 3.14. The Morgan fingerprint density at radius 2 is 1.96 bits per heavy atom. The monoisotopic (exact) mass is 384 g/mol. The van der Waals surface area contributed by atoms with Crippen LogP contribution in [-0.4, -0.2) is 25.8 Å². The highest BCUT2D eigenvalue weighted by atomic mass is 79.9. The molecule has 7 heteroatoms. The minimum absolute atomic E-state index is 0.000743. The zero-order chi connectivity index (χ0) is 17.1. The second-order valence-corrected chi connectivity index (χ2v) is 6.00. The second kappa shape index (κ2) is 6.81. The number of carboxylic acids is 1. The van der Waals surface area contributed by atoms with Gasteiger partial charge in [0.2, 0.25) is 0 Å². The van der Waals surface area contributed by atoms with E-state index in [1.807, 2.05) is 34.9 Å². The van der Waals surface area contributed by atoms with E-state index in [9.17, 15) is 10.1 Å². The molecule has 1 N–H and O–H groups in total. The number of benzene rings is 2. The molecule has 0 amide bonds. The van der Waals surface area contributed by atoms with Crippen molar-refractivity contribution in [2.75, 3.05) is 0 Å². The van der Waals surface area contributed by atoms with Crippen molar-refractivity contribution in [1.82, 2.24) is 14.8 Å². The minimum atomic E-state index is -0.871. The van der Waals surface area contributed by atoms with Crippen LogP contribution in [0.3, 0.4) is 0 Å². The molecule has 0 saturated carbocycles. The number of fused-ring (bicyclic) bond motifs is 1. The Morgan fingerprint density at radius 3 is 2.67 bits per heavy atom. The first-order chi connectivity index (χ1) is 11.6. The van der Waals surface area contributed by atoms with Crippen LogP contribution in [0.1, 0.15) is 23.4 Å². The molecule has 3 rings (SSSR count). The predicted octanol–water partition coefficient (Wildman–Crippen LogP) is 3.13. The largest absolute Gasteiger partial charge is 0.481 e. The molecule has 6 nitrogen and oxygen atoms in total. The number of nitriles is 1. The summed E-state index contributed by atoms with van der Waals surface area (Å²) in [6, 6.07) is 13.6. The first kappa shape index (κ1) is 16.1. The van der Waals surface area contributed by atoms with Gasteiger partial charge in [-0.25, -0.2) is 0 Å². The lowest BCUT2D eigenvalue weighted by molar-refractivity contribution is -0.137. The molecule has 0 aliphatic heterocycles. The summed E-state index contributed by atoms with van der Waals surface area (Å²) in [5, 5.41) is 28.0. The number of hydrogen-bond acceptors (Lipinski definition) is 4. The molecule has 0 radical (unpaired) electrons. The number of carboxylic acid groups (broad SMARTS) is 1. The summed E-state index contributed by atoms with van der Waals surface area (Å²) in [6.45, 7) is 0.495. The van der Waals surface area contributed by atoms with Crippen LogP contribution in [0.25, 0.3) is 10.8 Å². The van der Waals surface area contributed by atoms with E-state index in [0.717, 1.165) is 16.3 Å². The van der Waals surface area contributed by atoms with Crippen LogP contribution in [0, 0.1) is 11.3 Å². The van der Waals surface area contributed by atoms with E-state index in [1.54, 1.807) is 6.07 Å². The average Bonchev–Trinajstić information content (AvgIpc) is 2.93. The van der Waals surface area contributed by atoms with Crippen LogP contribution in [0.5, 0.6) is 0 Å². The Labute approximate surface area is 146 Å². The van der Waals surface area contributed by atoms with Gasteiger partial charge < -0.3 is 9.67 Å². The SMILES string of the molecule is N#Cc1ccc(Cn2c(Br)nnc2CCC(=O)O)c2ccccc12. The quantitative estimate of drug-likeness (QED) is 0.729. The Hall–Kier alpha value is -2.72. The van der Waals surface area contributed by atoms with Crippen molar-refractivity contribution in [1.29, 1.82) is 5.26 Å². The van der Waals surface area contributed by atoms with Crippen LogP contribution in [0.4, 0.5) is 0 Å². The molecule has 0 aliphatic carbocycles. The van der Waals surface area contributed by atoms with Gasteiger partial charge in [-0.2, -0.15) is 5.26 Å². The van der Waals surface area contributed by atoms with E-state index in [4.69, 9.17) is 5.11 Å². The van der Waals surface area contributed by atoms with Crippen LogP contribution in [0.2, 0.25) is 0 Å². The summed E-state index contributed by atoms with van der Waals surface area (Å²) < 4.78 is 2.40. The smallest absolute Gasteiger partial charge is 0.303 e. The molecule has 0 bridgehead atoms. The van der Waals surface area contributed by atoms with Gasteiger partial charge in [-0.15, -0.1) is 10.2 Å². The highest BCUT2D eigenvalue weighted by Crippen LogP contribution is 2.24. The number of hydrogen-bond donors (Lipinski definition) is 1. The number of halogens is 1. The number of carbonyl (C=O) groups is 1. The highest BCUT2D eigenvalue weighted by Gasteiger charge is 2.14. The first-order valence-electron chi connectivity index (χ1n) is 7.30. The fourth-order valence-corrected chi connectivity index (χ4v) is 3.05. The standard InChI is InChI=1S/C17H13BrN4O2/c18-17-21-20-15(7-8-16(23)24)22(17)10-12-6-5-11(9-19)13-3-1-2-4-14(12)13/h1-6H,7-8,10H2,(H,23,24). The van der Waals surface area contributed by atoms with Crippen molar-refractivity contribution in [3.05, 3.63) is 58.1 Å². The van der Waals surface area contributed by atoms with Gasteiger partial charge in [0.25, 0.3) is 0 Å². The maximum absolute atomic E-state index is 10.8. The molecular formula is C17H13BrN4O2. The molecule has 120 valence electrons. The maximum Gasteiger partial charge on any atom is 0.303 e. The molecule has 2 aromatic carbocycles. The lowest BCUT2D eigenvalue weighted by Gasteiger charge is -2.11. The molecule has 1 aromatic heterocycles. The highest BCUT2D eigenvalue weighted by molar-refractivity contribution is 9.10. The third-order valence-electron chi connectivity index (χ3n) is 3.81. The summed E-state index contributed by atoms with van der Waals surface area (Å²) in [5.41, 5.74) is 1.64. The average molecular weight is 385 g/mol. The van der Waals surface area contributed by atoms with Crippen molar-refractivity contribution >= 4 is 32.7 Å². The summed E-state index contributed by atoms with van der Waals surface area (Å²) >= 11 is 3.36. The molecule has 1 heterocycles. The van der Waals surface area contributed by atoms with E-state index in [-0.39, 0.29) is 6.42 Å². The normalized spacial score (nSPS) is 10.7. The van der Waals surface area contributed by atoms with Crippen molar-refractivity contribution in [2.24, 2.45) is 0 Å². The number of aromatic nitrogens is 3. The second-order valence-electron chi connectivity index (χ2n) is 5.29. The molecule has 24 heavy (non-hydrogen) atoms. The molecule has 0 saturated heterocycles. The van der Waals surface area contributed by atoms with Gasteiger partial charge in [-0.3, -0.25) is 4.79 Å². The summed E-state index contributed by atoms with van der Waals surface area (Å²) in [6.07, 6.45) is 0.307. The Bertz CT molecular complexity index is 959. The van der Waals surface area contributed by atoms with E-state index in [2.05, 4.69) is 32.2 Å². The van der Waals surface area contributed by atoms with Gasteiger partial charge in [0.15, 0.2) is 4.73 Å². The summed E-state index contributed by atoms with van der Waals surface area (Å²) in [7, 11) is 0. The number of aryl methyl sites for hydroxylation is 1. The van der Waals surface area contributed by atoms with Crippen LogP contribution in [-0.2, 0) is 17.8 Å². The Balaban J connectivity index is 2.01. The molecule has 3 aromatic rings. The van der Waals surface area contributed by atoms with Crippen LogP contribution < -0.4 is 0 Å². The number of nitrogens with zero attached hydrogens (tertiary/aromatic N) is 4. The fourth-order valence-electron chi connectivity index (χ4n) is 2.64. The van der Waals surface area contributed by atoms with E-state index >= 15 is 0 Å². The van der Waals surface area contributed by atoms with Gasteiger partial charge in [0, 0.05) is 6.42 Å². The summed E-state index contributed by atoms with van der Waals surface area (Å²) in [5.74, 6) is -0.262. The van der Waals surface area contributed by atoms with E-state index in [1.165, 1.54) is 0 Å². The molecule has 0 aliphatic rings. The molecule has 0 spiro atoms. The Morgan fingerprint density at radius 1 is 1.21 bits per heavy atom. The molecule has 0 atom stereocenters. The summed E-state index contributed by atoms with van der Waals surface area (Å²) in [4.78, 5) is 10.8. The molecular weight excluding hydrogens is 372 g/mol. The van der Waals surface area contributed by atoms with Gasteiger partial charge in [-0.1, -0.05) is 30.3 Å². The third-order valence-corrected chi connectivity index (χ3v) is 4.39. The number of aliphatic carboxylic acids is 1. The van der Waals surface area contributed by atoms with Crippen molar-refractivity contribution in [3.63, 3.8) is 0 Å². The molecule has 0 unspecified atom stereocenters. The predicted molar refractivity (Wildman–Crippen MR) is 91.4 cm³/mol. The zero-order valence-electron chi connectivity index (χ0n) is 12.6. The maximum atomic E-state index is 10.8. The lowest BCUT2D eigenvalue weighted by Crippen LogP contribution is -2.08. The van der Waals surface area contributed by atoms with Gasteiger partial charge >= 0.3 is 5.97 Å². The van der Waals surface area contributed by atoms with Gasteiger partial charge in [-0.05, 0) is 38.3 Å². The minimum Gasteiger partial charge on any atom is -0.481 e. The van der Waals surface area contributed by atoms with E-state index in [0.29, 0.717) is 29.1 Å². The van der Waals surface area contributed by atoms with E-state index < -0.39 is 5.97 Å². The molecule has 0 fully saturated rings. The van der Waals surface area contributed by atoms with Gasteiger partial charge in [0.1, 0.15) is 5.82 Å². The van der Waals surface area contributed by atoms with Crippen molar-refractivity contribution in [3.8, 4) is 6.07 Å². The van der Waals surface area contributed by atoms with Crippen molar-refractivity contribution < 1.29 is 9.90 Å². The first-order valence-corrected chi connectivity index (χ1v) is 8.09. The van der Waals surface area contributed by atoms with Crippen molar-refractivity contribution in [2.45, 2.75) is 19.4 Å². The lowest BCUT2D eigenvalue weighted by atomic mass is 10.00. The van der Waals surface area contributed by atoms with Crippen LogP contribution in [0.15, 0.2) is 41.1 Å². The zero-order valence-corrected chi connectivity index (χ0v) is 14.2.